The van der Waals surface area contributed by atoms with Gasteiger partial charge in [0.25, 0.3) is 0 Å². The lowest BCUT2D eigenvalue weighted by molar-refractivity contribution is 0.0692. The highest BCUT2D eigenvalue weighted by Crippen LogP contribution is 2.11. The summed E-state index contributed by atoms with van der Waals surface area (Å²) < 4.78 is 13.4. The maximum Gasteiger partial charge on any atom is 0.338 e. The van der Waals surface area contributed by atoms with E-state index in [2.05, 4.69) is 19.2 Å². The number of hydrogen-bond donors (Lipinski definition) is 2. The fraction of sp³-hybridized carbons (Fsp3) is 0.500. The van der Waals surface area contributed by atoms with E-state index in [-0.39, 0.29) is 5.56 Å². The molecular formula is C14H20FNO2. The maximum absolute atomic E-state index is 13.4. The number of carboxylic acid groups (broad SMARTS) is 1. The summed E-state index contributed by atoms with van der Waals surface area (Å²) in [6.45, 7) is 4.81. The lowest BCUT2D eigenvalue weighted by Crippen LogP contribution is -2.27. The molecule has 0 aliphatic carbocycles. The molecule has 0 heterocycles. The van der Waals surface area contributed by atoms with Crippen molar-refractivity contribution in [1.82, 2.24) is 5.32 Å². The molecule has 1 aromatic carbocycles. The van der Waals surface area contributed by atoms with Crippen LogP contribution in [-0.2, 0) is 6.54 Å². The zero-order valence-corrected chi connectivity index (χ0v) is 10.9. The zero-order valence-electron chi connectivity index (χ0n) is 10.9. The van der Waals surface area contributed by atoms with E-state index in [4.69, 9.17) is 5.11 Å². The Kier molecular flexibility index (Phi) is 5.78. The highest BCUT2D eigenvalue weighted by molar-refractivity contribution is 5.87. The lowest BCUT2D eigenvalue weighted by atomic mass is 10.1. The molecule has 4 heteroatoms. The van der Waals surface area contributed by atoms with E-state index < -0.39 is 11.8 Å². The number of halogens is 1. The minimum Gasteiger partial charge on any atom is -0.478 e. The highest BCUT2D eigenvalue weighted by Gasteiger charge is 2.11. The van der Waals surface area contributed by atoms with E-state index in [1.54, 1.807) is 6.07 Å². The first-order valence-corrected chi connectivity index (χ1v) is 6.33. The molecule has 1 aromatic rings. The van der Waals surface area contributed by atoms with Crippen LogP contribution in [0.15, 0.2) is 18.2 Å². The molecule has 2 N–H and O–H groups in total. The fourth-order valence-corrected chi connectivity index (χ4v) is 1.90. The van der Waals surface area contributed by atoms with Crippen molar-refractivity contribution < 1.29 is 14.3 Å². The van der Waals surface area contributed by atoms with Crippen molar-refractivity contribution in [2.75, 3.05) is 0 Å². The van der Waals surface area contributed by atoms with E-state index in [1.807, 2.05) is 0 Å². The molecule has 0 saturated heterocycles. The molecule has 1 rings (SSSR count). The van der Waals surface area contributed by atoms with Crippen LogP contribution in [0.3, 0.4) is 0 Å². The summed E-state index contributed by atoms with van der Waals surface area (Å²) in [7, 11) is 0. The molecule has 0 bridgehead atoms. The third kappa shape index (κ3) is 4.11. The third-order valence-corrected chi connectivity index (χ3v) is 2.99. The van der Waals surface area contributed by atoms with Crippen molar-refractivity contribution in [1.29, 1.82) is 0 Å². The van der Waals surface area contributed by atoms with Gasteiger partial charge in [-0.15, -0.1) is 0 Å². The van der Waals surface area contributed by atoms with Crippen molar-refractivity contribution in [3.8, 4) is 0 Å². The van der Waals surface area contributed by atoms with Gasteiger partial charge in [0.05, 0.1) is 5.56 Å². The van der Waals surface area contributed by atoms with Crippen molar-refractivity contribution in [3.63, 3.8) is 0 Å². The van der Waals surface area contributed by atoms with Gasteiger partial charge in [0.1, 0.15) is 5.82 Å². The van der Waals surface area contributed by atoms with E-state index >= 15 is 0 Å². The largest absolute Gasteiger partial charge is 0.478 e. The molecule has 3 nitrogen and oxygen atoms in total. The summed E-state index contributed by atoms with van der Waals surface area (Å²) in [5.41, 5.74) is 0.492. The molecule has 100 valence electrons. The standard InChI is InChI=1S/C14H20FNO2/c1-3-5-11(4-2)16-9-10-6-7-12(14(17)18)13(15)8-10/h6-8,11,16H,3-5,9H2,1-2H3,(H,17,18). The molecule has 0 saturated carbocycles. The van der Waals surface area contributed by atoms with Gasteiger partial charge in [-0.05, 0) is 30.5 Å². The monoisotopic (exact) mass is 253 g/mol. The number of nitrogens with one attached hydrogen (secondary N) is 1. The van der Waals surface area contributed by atoms with Crippen LogP contribution in [0.4, 0.5) is 4.39 Å². The summed E-state index contributed by atoms with van der Waals surface area (Å²) in [6, 6.07) is 4.68. The number of rotatable bonds is 7. The molecule has 0 aliphatic heterocycles. The van der Waals surface area contributed by atoms with Gasteiger partial charge in [-0.1, -0.05) is 26.3 Å². The van der Waals surface area contributed by atoms with E-state index in [9.17, 15) is 9.18 Å². The second kappa shape index (κ2) is 7.11. The quantitative estimate of drug-likeness (QED) is 0.784. The van der Waals surface area contributed by atoms with E-state index in [1.165, 1.54) is 12.1 Å². The normalized spacial score (nSPS) is 12.4. The van der Waals surface area contributed by atoms with Gasteiger partial charge in [0.2, 0.25) is 0 Å². The average Bonchev–Trinajstić information content (AvgIpc) is 2.34. The Balaban J connectivity index is 2.63. The van der Waals surface area contributed by atoms with Crippen LogP contribution in [-0.4, -0.2) is 17.1 Å². The molecule has 0 fully saturated rings. The summed E-state index contributed by atoms with van der Waals surface area (Å²) >= 11 is 0. The third-order valence-electron chi connectivity index (χ3n) is 2.99. The van der Waals surface area contributed by atoms with Crippen molar-refractivity contribution in [3.05, 3.63) is 35.1 Å². The first-order valence-electron chi connectivity index (χ1n) is 6.33. The van der Waals surface area contributed by atoms with Crippen molar-refractivity contribution in [2.24, 2.45) is 0 Å². The van der Waals surface area contributed by atoms with Crippen molar-refractivity contribution >= 4 is 5.97 Å². The second-order valence-electron chi connectivity index (χ2n) is 4.39. The number of carbonyl (C=O) groups is 1. The zero-order chi connectivity index (χ0) is 13.5. The van der Waals surface area contributed by atoms with E-state index in [0.29, 0.717) is 12.6 Å². The van der Waals surface area contributed by atoms with Crippen LogP contribution in [0.25, 0.3) is 0 Å². The molecule has 0 aromatic heterocycles. The molecule has 0 amide bonds. The predicted molar refractivity (Wildman–Crippen MR) is 69.2 cm³/mol. The minimum absolute atomic E-state index is 0.278. The SMILES string of the molecule is CCCC(CC)NCc1ccc(C(=O)O)c(F)c1. The number of hydrogen-bond acceptors (Lipinski definition) is 2. The van der Waals surface area contributed by atoms with Crippen LogP contribution in [0.1, 0.15) is 49.0 Å². The summed E-state index contributed by atoms with van der Waals surface area (Å²) in [5.74, 6) is -1.91. The summed E-state index contributed by atoms with van der Waals surface area (Å²) in [6.07, 6.45) is 3.23. The Morgan fingerprint density at radius 2 is 2.17 bits per heavy atom. The molecule has 1 atom stereocenters. The molecule has 0 radical (unpaired) electrons. The van der Waals surface area contributed by atoms with Crippen LogP contribution >= 0.6 is 0 Å². The Hall–Kier alpha value is -1.42. The summed E-state index contributed by atoms with van der Waals surface area (Å²) in [5, 5.41) is 12.1. The summed E-state index contributed by atoms with van der Waals surface area (Å²) in [4.78, 5) is 10.7. The molecule has 18 heavy (non-hydrogen) atoms. The average molecular weight is 253 g/mol. The second-order valence-corrected chi connectivity index (χ2v) is 4.39. The van der Waals surface area contributed by atoms with Gasteiger partial charge in [0, 0.05) is 12.6 Å². The minimum atomic E-state index is -1.23. The predicted octanol–water partition coefficient (Wildman–Crippen LogP) is 3.19. The van der Waals surface area contributed by atoms with Crippen molar-refractivity contribution in [2.45, 2.75) is 45.7 Å². The van der Waals surface area contributed by atoms with Gasteiger partial charge < -0.3 is 10.4 Å². The molecular weight excluding hydrogens is 233 g/mol. The molecule has 0 aliphatic rings. The molecule has 1 unspecified atom stereocenters. The lowest BCUT2D eigenvalue weighted by Gasteiger charge is -2.16. The van der Waals surface area contributed by atoms with Gasteiger partial charge in [-0.3, -0.25) is 0 Å². The Bertz CT molecular complexity index is 407. The maximum atomic E-state index is 13.4. The van der Waals surface area contributed by atoms with Gasteiger partial charge in [-0.25, -0.2) is 9.18 Å². The number of carboxylic acids is 1. The Labute approximate surface area is 107 Å². The van der Waals surface area contributed by atoms with Gasteiger partial charge in [0.15, 0.2) is 0 Å². The smallest absolute Gasteiger partial charge is 0.338 e. The van der Waals surface area contributed by atoms with Crippen LogP contribution in [0.5, 0.6) is 0 Å². The first-order chi connectivity index (χ1) is 8.58. The van der Waals surface area contributed by atoms with Crippen LogP contribution < -0.4 is 5.32 Å². The Morgan fingerprint density at radius 3 is 2.67 bits per heavy atom. The highest BCUT2D eigenvalue weighted by atomic mass is 19.1. The number of aromatic carboxylic acids is 1. The van der Waals surface area contributed by atoms with Gasteiger partial charge >= 0.3 is 5.97 Å². The first kappa shape index (κ1) is 14.6. The van der Waals surface area contributed by atoms with Crippen LogP contribution in [0.2, 0.25) is 0 Å². The molecule has 0 spiro atoms. The topological polar surface area (TPSA) is 49.3 Å². The Morgan fingerprint density at radius 1 is 1.44 bits per heavy atom. The van der Waals surface area contributed by atoms with Crippen LogP contribution in [0, 0.1) is 5.82 Å². The number of benzene rings is 1. The van der Waals surface area contributed by atoms with E-state index in [0.717, 1.165) is 24.8 Å². The van der Waals surface area contributed by atoms with Gasteiger partial charge in [-0.2, -0.15) is 0 Å². The fourth-order valence-electron chi connectivity index (χ4n) is 1.90.